The fourth-order valence-corrected chi connectivity index (χ4v) is 1.43. The van der Waals surface area contributed by atoms with E-state index in [-0.39, 0.29) is 24.7 Å². The number of benzene rings is 1. The van der Waals surface area contributed by atoms with Crippen molar-refractivity contribution in [2.75, 3.05) is 6.54 Å². The molecule has 9 heteroatoms. The van der Waals surface area contributed by atoms with Gasteiger partial charge in [-0.3, -0.25) is 0 Å². The maximum atomic E-state index is 12.0. The summed E-state index contributed by atoms with van der Waals surface area (Å²) in [6.07, 6.45) is -4.40. The summed E-state index contributed by atoms with van der Waals surface area (Å²) in [5.74, 6) is -0.352. The van der Waals surface area contributed by atoms with E-state index in [1.165, 1.54) is 18.2 Å². The smallest absolute Gasteiger partial charge is 0.406 e. The van der Waals surface area contributed by atoms with Gasteiger partial charge >= 0.3 is 6.36 Å². The highest BCUT2D eigenvalue weighted by Crippen LogP contribution is 2.28. The average Bonchev–Trinajstić information content (AvgIpc) is 2.27. The van der Waals surface area contributed by atoms with Gasteiger partial charge in [-0.2, -0.15) is 0 Å². The van der Waals surface area contributed by atoms with Crippen molar-refractivity contribution in [1.29, 1.82) is 0 Å². The molecule has 0 fully saturated rings. The standard InChI is InChI=1S/C10H11F3N4O.ClH/c11-10(12,13)18-8-3-1-2-7(6-8)9(4-5-14)16-17-15;/h1-3,6,9H,4-5,14H2;1H/t9-;/m0./s1. The zero-order valence-electron chi connectivity index (χ0n) is 9.67. The Balaban J connectivity index is 0.00000324. The Morgan fingerprint density at radius 2 is 2.11 bits per heavy atom. The zero-order valence-corrected chi connectivity index (χ0v) is 10.5. The first-order valence-corrected chi connectivity index (χ1v) is 5.06. The van der Waals surface area contributed by atoms with Crippen LogP contribution in [-0.4, -0.2) is 12.9 Å². The van der Waals surface area contributed by atoms with E-state index in [0.717, 1.165) is 0 Å². The summed E-state index contributed by atoms with van der Waals surface area (Å²) in [7, 11) is 0. The van der Waals surface area contributed by atoms with Crippen LogP contribution in [0.2, 0.25) is 0 Å². The van der Waals surface area contributed by atoms with Crippen LogP contribution in [0.4, 0.5) is 13.2 Å². The van der Waals surface area contributed by atoms with Crippen molar-refractivity contribution in [3.8, 4) is 5.75 Å². The second-order valence-corrected chi connectivity index (χ2v) is 3.42. The van der Waals surface area contributed by atoms with Crippen LogP contribution in [0.1, 0.15) is 18.0 Å². The normalized spacial score (nSPS) is 12.0. The summed E-state index contributed by atoms with van der Waals surface area (Å²) in [4.78, 5) is 2.64. The molecule has 19 heavy (non-hydrogen) atoms. The highest BCUT2D eigenvalue weighted by molar-refractivity contribution is 5.85. The number of alkyl halides is 3. The van der Waals surface area contributed by atoms with Gasteiger partial charge in [0.25, 0.3) is 0 Å². The van der Waals surface area contributed by atoms with Gasteiger partial charge in [-0.05, 0) is 36.2 Å². The quantitative estimate of drug-likeness (QED) is 0.510. The molecule has 1 aromatic carbocycles. The second-order valence-electron chi connectivity index (χ2n) is 3.42. The predicted octanol–water partition coefficient (Wildman–Crippen LogP) is 3.71. The lowest BCUT2D eigenvalue weighted by Crippen LogP contribution is -2.17. The Morgan fingerprint density at radius 3 is 2.63 bits per heavy atom. The van der Waals surface area contributed by atoms with Crippen molar-refractivity contribution < 1.29 is 17.9 Å². The van der Waals surface area contributed by atoms with Gasteiger partial charge in [0, 0.05) is 4.91 Å². The van der Waals surface area contributed by atoms with Crippen molar-refractivity contribution in [2.45, 2.75) is 18.8 Å². The number of hydrogen-bond acceptors (Lipinski definition) is 3. The Labute approximate surface area is 113 Å². The van der Waals surface area contributed by atoms with Crippen LogP contribution in [0.15, 0.2) is 29.4 Å². The monoisotopic (exact) mass is 296 g/mol. The minimum absolute atomic E-state index is 0. The molecule has 0 saturated carbocycles. The van der Waals surface area contributed by atoms with Gasteiger partial charge in [0.1, 0.15) is 5.75 Å². The van der Waals surface area contributed by atoms with Crippen LogP contribution in [0.3, 0.4) is 0 Å². The van der Waals surface area contributed by atoms with Crippen molar-refractivity contribution in [3.63, 3.8) is 0 Å². The van der Waals surface area contributed by atoms with Crippen LogP contribution < -0.4 is 10.5 Å². The molecule has 0 aliphatic heterocycles. The summed E-state index contributed by atoms with van der Waals surface area (Å²) in [6, 6.07) is 4.71. The summed E-state index contributed by atoms with van der Waals surface area (Å²) in [5.41, 5.74) is 14.2. The van der Waals surface area contributed by atoms with Crippen molar-refractivity contribution in [3.05, 3.63) is 40.3 Å². The molecule has 1 rings (SSSR count). The van der Waals surface area contributed by atoms with Crippen LogP contribution >= 0.6 is 12.4 Å². The second kappa shape index (κ2) is 7.73. The van der Waals surface area contributed by atoms with Gasteiger partial charge in [-0.15, -0.1) is 25.6 Å². The highest BCUT2D eigenvalue weighted by Gasteiger charge is 2.31. The van der Waals surface area contributed by atoms with Crippen LogP contribution in [-0.2, 0) is 0 Å². The molecule has 0 heterocycles. The van der Waals surface area contributed by atoms with Gasteiger partial charge in [-0.1, -0.05) is 17.2 Å². The molecule has 0 aromatic heterocycles. The van der Waals surface area contributed by atoms with E-state index >= 15 is 0 Å². The number of nitrogens with two attached hydrogens (primary N) is 1. The summed E-state index contributed by atoms with van der Waals surface area (Å²) < 4.78 is 39.9. The lowest BCUT2D eigenvalue weighted by molar-refractivity contribution is -0.274. The average molecular weight is 297 g/mol. The van der Waals surface area contributed by atoms with Gasteiger partial charge in [0.05, 0.1) is 6.04 Å². The topological polar surface area (TPSA) is 84.0 Å². The third-order valence-electron chi connectivity index (χ3n) is 2.11. The van der Waals surface area contributed by atoms with Crippen molar-refractivity contribution >= 4 is 12.4 Å². The van der Waals surface area contributed by atoms with Crippen LogP contribution in [0.5, 0.6) is 5.75 Å². The molecule has 0 saturated heterocycles. The molecule has 0 amide bonds. The fraction of sp³-hybridized carbons (Fsp3) is 0.400. The Hall–Kier alpha value is -1.63. The predicted molar refractivity (Wildman–Crippen MR) is 65.9 cm³/mol. The Kier molecular flexibility index (Phi) is 7.06. The molecule has 0 radical (unpaired) electrons. The lowest BCUT2D eigenvalue weighted by Gasteiger charge is -2.13. The van der Waals surface area contributed by atoms with E-state index in [0.29, 0.717) is 12.0 Å². The van der Waals surface area contributed by atoms with E-state index in [2.05, 4.69) is 14.8 Å². The largest absolute Gasteiger partial charge is 0.573 e. The summed E-state index contributed by atoms with van der Waals surface area (Å²) >= 11 is 0. The highest BCUT2D eigenvalue weighted by atomic mass is 35.5. The zero-order chi connectivity index (χ0) is 13.6. The number of halogens is 4. The van der Waals surface area contributed by atoms with E-state index in [1.54, 1.807) is 6.07 Å². The number of nitrogens with zero attached hydrogens (tertiary/aromatic N) is 3. The third-order valence-corrected chi connectivity index (χ3v) is 2.11. The molecule has 0 unspecified atom stereocenters. The number of ether oxygens (including phenoxy) is 1. The molecule has 5 nitrogen and oxygen atoms in total. The minimum Gasteiger partial charge on any atom is -0.406 e. The maximum absolute atomic E-state index is 12.0. The number of hydrogen-bond donors (Lipinski definition) is 1. The molecule has 0 bridgehead atoms. The first kappa shape index (κ1) is 17.4. The summed E-state index contributed by atoms with van der Waals surface area (Å²) in [6.45, 7) is 0.258. The molecular weight excluding hydrogens is 285 g/mol. The lowest BCUT2D eigenvalue weighted by atomic mass is 10.0. The first-order chi connectivity index (χ1) is 8.46. The fourth-order valence-electron chi connectivity index (χ4n) is 1.43. The molecule has 1 atom stereocenters. The molecule has 2 N–H and O–H groups in total. The molecule has 0 aliphatic carbocycles. The van der Waals surface area contributed by atoms with Crippen LogP contribution in [0.25, 0.3) is 10.4 Å². The van der Waals surface area contributed by atoms with E-state index in [9.17, 15) is 13.2 Å². The van der Waals surface area contributed by atoms with E-state index in [1.807, 2.05) is 0 Å². The maximum Gasteiger partial charge on any atom is 0.573 e. The van der Waals surface area contributed by atoms with E-state index in [4.69, 9.17) is 11.3 Å². The molecular formula is C10H12ClF3N4O. The van der Waals surface area contributed by atoms with Crippen molar-refractivity contribution in [1.82, 2.24) is 0 Å². The van der Waals surface area contributed by atoms with Gasteiger partial charge in [0.2, 0.25) is 0 Å². The van der Waals surface area contributed by atoms with E-state index < -0.39 is 12.4 Å². The van der Waals surface area contributed by atoms with Gasteiger partial charge in [0.15, 0.2) is 0 Å². The molecule has 0 aliphatic rings. The molecule has 0 spiro atoms. The first-order valence-electron chi connectivity index (χ1n) is 5.06. The van der Waals surface area contributed by atoms with Gasteiger partial charge < -0.3 is 10.5 Å². The SMILES string of the molecule is Cl.[N-]=[N+]=N[C@@H](CCN)c1cccc(OC(F)(F)F)c1. The Morgan fingerprint density at radius 1 is 1.42 bits per heavy atom. The minimum atomic E-state index is -4.75. The molecule has 106 valence electrons. The number of azide groups is 1. The Bertz CT molecular complexity index is 449. The molecule has 1 aromatic rings. The third kappa shape index (κ3) is 6.19. The summed E-state index contributed by atoms with van der Waals surface area (Å²) in [5, 5.41) is 3.49. The van der Waals surface area contributed by atoms with Gasteiger partial charge in [-0.25, -0.2) is 0 Å². The van der Waals surface area contributed by atoms with Crippen LogP contribution in [0, 0.1) is 0 Å². The number of rotatable bonds is 5. The van der Waals surface area contributed by atoms with Crippen molar-refractivity contribution in [2.24, 2.45) is 10.8 Å².